The summed E-state index contributed by atoms with van der Waals surface area (Å²) in [4.78, 5) is 10.0. The number of aliphatic hydroxyl groups is 12. The molecule has 0 spiro atoms. The van der Waals surface area contributed by atoms with E-state index in [1.54, 1.807) is 0 Å². The van der Waals surface area contributed by atoms with Gasteiger partial charge in [-0.05, 0) is 0 Å². The third-order valence-electron chi connectivity index (χ3n) is 6.26. The van der Waals surface area contributed by atoms with E-state index in [0.717, 1.165) is 0 Å². The fourth-order valence-electron chi connectivity index (χ4n) is 3.78. The van der Waals surface area contributed by atoms with Crippen molar-refractivity contribution in [1.82, 2.24) is 0 Å². The van der Waals surface area contributed by atoms with Crippen LogP contribution in [0.15, 0.2) is 0 Å². The Hall–Kier alpha value is -0.530. The van der Waals surface area contributed by atoms with Gasteiger partial charge in [-0.25, -0.2) is 4.57 Å². The molecule has 0 aliphatic carbocycles. The Bertz CT molecular complexity index is 809. The van der Waals surface area contributed by atoms with Gasteiger partial charge >= 0.3 is 7.82 Å². The summed E-state index contributed by atoms with van der Waals surface area (Å²) in [6.45, 7) is -4.98. The lowest BCUT2D eigenvalue weighted by atomic mass is 10.1. The van der Waals surface area contributed by atoms with Crippen LogP contribution in [0.4, 0.5) is 0 Å². The Morgan fingerprint density at radius 3 is 1.61 bits per heavy atom. The zero-order valence-electron chi connectivity index (χ0n) is 21.4. The Morgan fingerprint density at radius 2 is 1.12 bits per heavy atom. The highest BCUT2D eigenvalue weighted by atomic mass is 31.2. The van der Waals surface area contributed by atoms with E-state index in [-0.39, 0.29) is 0 Å². The lowest BCUT2D eigenvalue weighted by molar-refractivity contribution is -0.194. The molecule has 2 saturated heterocycles. The number of ether oxygens (including phenoxy) is 4. The molecule has 21 heteroatoms. The van der Waals surface area contributed by atoms with Gasteiger partial charge in [-0.15, -0.1) is 0 Å². The average Bonchev–Trinajstić information content (AvgIpc) is 3.40. The summed E-state index contributed by atoms with van der Waals surface area (Å²) in [6, 6.07) is 0. The minimum atomic E-state index is -5.15. The fraction of sp³-hybridized carbons (Fsp3) is 1.00. The molecule has 41 heavy (non-hydrogen) atoms. The number of hydrogen-bond acceptors (Lipinski definition) is 19. The second-order valence-corrected chi connectivity index (χ2v) is 10.8. The highest BCUT2D eigenvalue weighted by Gasteiger charge is 2.49. The van der Waals surface area contributed by atoms with Gasteiger partial charge in [0.25, 0.3) is 0 Å². The van der Waals surface area contributed by atoms with Crippen LogP contribution < -0.4 is 0 Å². The zero-order chi connectivity index (χ0) is 31.1. The minimum Gasteiger partial charge on any atom is -0.394 e. The number of rotatable bonds is 18. The molecular weight excluding hydrogens is 591 g/mol. The predicted molar refractivity (Wildman–Crippen MR) is 125 cm³/mol. The van der Waals surface area contributed by atoms with Crippen LogP contribution in [-0.4, -0.2) is 192 Å². The van der Waals surface area contributed by atoms with Crippen molar-refractivity contribution in [2.45, 2.75) is 85.8 Å². The van der Waals surface area contributed by atoms with Gasteiger partial charge in [0.1, 0.15) is 73.2 Å². The van der Waals surface area contributed by atoms with E-state index in [4.69, 9.17) is 33.7 Å². The standard InChI is InChI=1S/C20H39O20P/c21-1-7(24)13(28)8(25)4-36-20-17(32)18(12(3-23)39-20)40-41(33,34)37-6-10(27)14(29)9(26)5-35-19-16(31)15(30)11(2-22)38-19/h7-32H,1-6H2,(H,33,34)/t7-,8+,9+,10-,11-,12-,13-,14+,15-,16-,17-,18-,19?,20?/m1/s1. The van der Waals surface area contributed by atoms with Crippen LogP contribution in [0.2, 0.25) is 0 Å². The molecule has 244 valence electrons. The minimum absolute atomic E-state index is 0.636. The molecular formula is C20H39O20P. The summed E-state index contributed by atoms with van der Waals surface area (Å²) in [6.07, 6.45) is -23.6. The van der Waals surface area contributed by atoms with Crippen LogP contribution in [0.3, 0.4) is 0 Å². The quantitative estimate of drug-likeness (QED) is 0.0625. The van der Waals surface area contributed by atoms with Gasteiger partial charge in [-0.1, -0.05) is 0 Å². The Balaban J connectivity index is 1.84. The van der Waals surface area contributed by atoms with Crippen LogP contribution in [0.25, 0.3) is 0 Å². The van der Waals surface area contributed by atoms with Crippen LogP contribution in [-0.2, 0) is 32.6 Å². The van der Waals surface area contributed by atoms with Crippen LogP contribution >= 0.6 is 7.82 Å². The zero-order valence-corrected chi connectivity index (χ0v) is 22.3. The van der Waals surface area contributed by atoms with Gasteiger partial charge in [0.05, 0.1) is 39.6 Å². The first-order chi connectivity index (χ1) is 19.2. The van der Waals surface area contributed by atoms with Gasteiger partial charge in [0, 0.05) is 0 Å². The van der Waals surface area contributed by atoms with Crippen LogP contribution in [0.5, 0.6) is 0 Å². The van der Waals surface area contributed by atoms with E-state index in [1.807, 2.05) is 0 Å². The van der Waals surface area contributed by atoms with Crippen molar-refractivity contribution in [3.63, 3.8) is 0 Å². The maximum atomic E-state index is 12.4. The SMILES string of the molecule is O=P(O)(OC[C@@H](O)[C@@H](O)[C@@H](O)COC1O[C@H](CO)[C@@H](O)[C@H]1O)O[C@@H]1[C@@H](CO)OC(OC[C@H](O)[C@H](O)[C@H](O)CO)[C@@H]1O. The number of phosphoric acid groups is 1. The third kappa shape index (κ3) is 9.99. The average molecular weight is 630 g/mol. The Kier molecular flexibility index (Phi) is 14.8. The molecule has 2 aliphatic heterocycles. The lowest BCUT2D eigenvalue weighted by Crippen LogP contribution is -2.44. The molecule has 2 fully saturated rings. The van der Waals surface area contributed by atoms with Gasteiger partial charge in [-0.3, -0.25) is 9.05 Å². The van der Waals surface area contributed by atoms with Gasteiger partial charge in [0.2, 0.25) is 0 Å². The van der Waals surface area contributed by atoms with Crippen molar-refractivity contribution in [3.05, 3.63) is 0 Å². The summed E-state index contributed by atoms with van der Waals surface area (Å²) < 4.78 is 42.1. The molecule has 3 unspecified atom stereocenters. The molecule has 0 radical (unpaired) electrons. The monoisotopic (exact) mass is 630 g/mol. The normalized spacial score (nSPS) is 36.4. The van der Waals surface area contributed by atoms with Crippen molar-refractivity contribution in [3.8, 4) is 0 Å². The topological polar surface area (TPSA) is 335 Å². The van der Waals surface area contributed by atoms with E-state index >= 15 is 0 Å². The highest BCUT2D eigenvalue weighted by Crippen LogP contribution is 2.47. The van der Waals surface area contributed by atoms with E-state index < -0.39 is 133 Å². The van der Waals surface area contributed by atoms with Crippen molar-refractivity contribution in [1.29, 1.82) is 0 Å². The smallest absolute Gasteiger partial charge is 0.394 e. The molecule has 2 heterocycles. The number of phosphoric ester groups is 1. The summed E-state index contributed by atoms with van der Waals surface area (Å²) >= 11 is 0. The fourth-order valence-corrected chi connectivity index (χ4v) is 4.75. The molecule has 0 aromatic carbocycles. The van der Waals surface area contributed by atoms with Gasteiger partial charge in [0.15, 0.2) is 12.6 Å². The summed E-state index contributed by atoms with van der Waals surface area (Å²) in [7, 11) is -5.15. The number of hydrogen-bond donors (Lipinski definition) is 13. The Labute approximate surface area is 232 Å². The molecule has 0 amide bonds. The van der Waals surface area contributed by atoms with Crippen LogP contribution in [0, 0.1) is 0 Å². The first-order valence-electron chi connectivity index (χ1n) is 12.3. The predicted octanol–water partition coefficient (Wildman–Crippen LogP) is -7.80. The van der Waals surface area contributed by atoms with E-state index in [9.17, 15) is 60.5 Å². The van der Waals surface area contributed by atoms with Gasteiger partial charge < -0.3 is 85.1 Å². The van der Waals surface area contributed by atoms with Crippen LogP contribution in [0.1, 0.15) is 0 Å². The molecule has 13 N–H and O–H groups in total. The molecule has 2 rings (SSSR count). The van der Waals surface area contributed by atoms with Crippen molar-refractivity contribution in [2.24, 2.45) is 0 Å². The number of aliphatic hydroxyl groups excluding tert-OH is 12. The summed E-state index contributed by atoms with van der Waals surface area (Å²) in [5.74, 6) is 0. The lowest BCUT2D eigenvalue weighted by Gasteiger charge is -2.26. The molecule has 20 nitrogen and oxygen atoms in total. The Morgan fingerprint density at radius 1 is 0.659 bits per heavy atom. The maximum Gasteiger partial charge on any atom is 0.472 e. The molecule has 0 aromatic rings. The van der Waals surface area contributed by atoms with E-state index in [0.29, 0.717) is 0 Å². The van der Waals surface area contributed by atoms with Crippen molar-refractivity contribution in [2.75, 3.05) is 39.6 Å². The third-order valence-corrected chi connectivity index (χ3v) is 7.24. The molecule has 0 saturated carbocycles. The molecule has 2 aliphatic rings. The molecule has 0 aromatic heterocycles. The molecule has 15 atom stereocenters. The first kappa shape index (κ1) is 36.7. The largest absolute Gasteiger partial charge is 0.472 e. The van der Waals surface area contributed by atoms with Crippen molar-refractivity contribution < 1.29 is 98.7 Å². The van der Waals surface area contributed by atoms with Crippen molar-refractivity contribution >= 4 is 7.82 Å². The second kappa shape index (κ2) is 16.5. The molecule has 0 bridgehead atoms. The van der Waals surface area contributed by atoms with E-state index in [1.165, 1.54) is 0 Å². The second-order valence-electron chi connectivity index (χ2n) is 9.36. The summed E-state index contributed by atoms with van der Waals surface area (Å²) in [5.41, 5.74) is 0. The van der Waals surface area contributed by atoms with Gasteiger partial charge in [-0.2, -0.15) is 0 Å². The van der Waals surface area contributed by atoms with E-state index in [2.05, 4.69) is 4.52 Å². The first-order valence-corrected chi connectivity index (χ1v) is 13.8. The highest BCUT2D eigenvalue weighted by molar-refractivity contribution is 7.47. The summed E-state index contributed by atoms with van der Waals surface area (Å²) in [5, 5.41) is 116. The maximum absolute atomic E-state index is 12.4.